The minimum absolute atomic E-state index is 0.0611. The molecule has 2 aromatic heterocycles. The van der Waals surface area contributed by atoms with Crippen molar-refractivity contribution in [3.8, 4) is 22.3 Å². The molecular formula is C64H62N6O4. The lowest BCUT2D eigenvalue weighted by Crippen LogP contribution is -2.42. The number of aromatic nitrogens is 4. The Labute approximate surface area is 433 Å². The van der Waals surface area contributed by atoms with Crippen LogP contribution in [-0.2, 0) is 36.5 Å². The number of aliphatic carboxylic acids is 2. The van der Waals surface area contributed by atoms with Crippen molar-refractivity contribution in [3.63, 3.8) is 0 Å². The molecule has 4 aliphatic rings. The third-order valence-electron chi connectivity index (χ3n) is 15.3. The van der Waals surface area contributed by atoms with Crippen LogP contribution in [0.15, 0.2) is 170 Å². The van der Waals surface area contributed by atoms with Gasteiger partial charge in [-0.25, -0.2) is 9.59 Å². The SMILES string of the molecule is C[C@@H]1Cc2cc(-c3cnn(C)c3)ccc2[C@@H](c2ccc(/C=C/C(=O)O)cc2)N1c1ccc(C2CC2)cc1.C[C@H]1Cc2cc(-c3cnn(C)c3)ccc2[C@H](c2ccc(/C=C/C(=O)O)cc2)N1c1ccc(C2CC2)cc1. The van der Waals surface area contributed by atoms with Crippen molar-refractivity contribution in [3.05, 3.63) is 226 Å². The molecule has 0 bridgehead atoms. The maximum absolute atomic E-state index is 11.0. The van der Waals surface area contributed by atoms with Crippen LogP contribution in [0.1, 0.15) is 119 Å². The van der Waals surface area contributed by atoms with Crippen LogP contribution in [0.5, 0.6) is 0 Å². The first-order valence-corrected chi connectivity index (χ1v) is 25.9. The Morgan fingerprint density at radius 3 is 1.18 bits per heavy atom. The third-order valence-corrected chi connectivity index (χ3v) is 15.3. The molecule has 12 rings (SSSR count). The molecule has 0 saturated heterocycles. The molecule has 0 spiro atoms. The fraction of sp³-hybridized carbons (Fsp3) is 0.250. The molecule has 74 heavy (non-hydrogen) atoms. The van der Waals surface area contributed by atoms with Crippen LogP contribution in [0.25, 0.3) is 34.4 Å². The maximum atomic E-state index is 11.0. The van der Waals surface area contributed by atoms with Gasteiger partial charge in [0.25, 0.3) is 0 Å². The number of aryl methyl sites for hydroxylation is 2. The van der Waals surface area contributed by atoms with E-state index in [0.29, 0.717) is 12.1 Å². The first kappa shape index (κ1) is 48.1. The molecule has 372 valence electrons. The van der Waals surface area contributed by atoms with Crippen LogP contribution in [0.4, 0.5) is 11.4 Å². The highest BCUT2D eigenvalue weighted by atomic mass is 16.4. The molecule has 0 unspecified atom stereocenters. The van der Waals surface area contributed by atoms with Crippen LogP contribution in [0.2, 0.25) is 0 Å². The van der Waals surface area contributed by atoms with E-state index in [0.717, 1.165) is 46.9 Å². The summed E-state index contributed by atoms with van der Waals surface area (Å²) in [6.45, 7) is 4.62. The molecule has 2 aliphatic carbocycles. The minimum Gasteiger partial charge on any atom is -0.478 e. The highest BCUT2D eigenvalue weighted by Crippen LogP contribution is 2.47. The van der Waals surface area contributed by atoms with E-state index < -0.39 is 11.9 Å². The van der Waals surface area contributed by atoms with Crippen molar-refractivity contribution in [2.75, 3.05) is 9.80 Å². The van der Waals surface area contributed by atoms with Gasteiger partial charge in [0, 0.05) is 73.2 Å². The zero-order valence-electron chi connectivity index (χ0n) is 42.4. The predicted molar refractivity (Wildman–Crippen MR) is 295 cm³/mol. The Morgan fingerprint density at radius 1 is 0.486 bits per heavy atom. The van der Waals surface area contributed by atoms with E-state index in [1.54, 1.807) is 12.2 Å². The topological polar surface area (TPSA) is 117 Å². The van der Waals surface area contributed by atoms with Crippen molar-refractivity contribution in [1.29, 1.82) is 0 Å². The molecule has 2 fully saturated rings. The second kappa shape index (κ2) is 20.3. The Bertz CT molecular complexity index is 3150. The Morgan fingerprint density at radius 2 is 0.851 bits per heavy atom. The fourth-order valence-corrected chi connectivity index (χ4v) is 11.3. The first-order valence-electron chi connectivity index (χ1n) is 25.9. The quantitative estimate of drug-likeness (QED) is 0.116. The van der Waals surface area contributed by atoms with Crippen molar-refractivity contribution in [2.45, 2.75) is 88.4 Å². The number of benzene rings is 6. The van der Waals surface area contributed by atoms with Gasteiger partial charge in [0.2, 0.25) is 0 Å². The summed E-state index contributed by atoms with van der Waals surface area (Å²) in [5.41, 5.74) is 19.5. The number of hydrogen-bond donors (Lipinski definition) is 2. The molecule has 6 aromatic carbocycles. The third kappa shape index (κ3) is 10.4. The van der Waals surface area contributed by atoms with Crippen molar-refractivity contribution >= 4 is 35.5 Å². The van der Waals surface area contributed by atoms with E-state index in [1.807, 2.05) is 60.1 Å². The van der Waals surface area contributed by atoms with E-state index in [1.165, 1.54) is 105 Å². The first-order chi connectivity index (χ1) is 35.9. The van der Waals surface area contributed by atoms with E-state index in [-0.39, 0.29) is 12.1 Å². The summed E-state index contributed by atoms with van der Waals surface area (Å²) in [5, 5.41) is 26.7. The number of rotatable bonds is 12. The van der Waals surface area contributed by atoms with Crippen LogP contribution >= 0.6 is 0 Å². The average Bonchev–Trinajstić information content (AvgIpc) is 4.35. The maximum Gasteiger partial charge on any atom is 0.328 e. The second-order valence-electron chi connectivity index (χ2n) is 20.8. The van der Waals surface area contributed by atoms with Gasteiger partial charge in [0.05, 0.1) is 24.5 Å². The van der Waals surface area contributed by atoms with Crippen LogP contribution in [0, 0.1) is 0 Å². The van der Waals surface area contributed by atoms with Crippen LogP contribution in [-0.4, -0.2) is 53.8 Å². The van der Waals surface area contributed by atoms with Gasteiger partial charge in [-0.3, -0.25) is 9.36 Å². The Hall–Kier alpha value is -8.24. The number of carbonyl (C=O) groups is 2. The van der Waals surface area contributed by atoms with E-state index in [4.69, 9.17) is 10.2 Å². The van der Waals surface area contributed by atoms with Gasteiger partial charge < -0.3 is 20.0 Å². The lowest BCUT2D eigenvalue weighted by molar-refractivity contribution is -0.132. The molecule has 4 heterocycles. The van der Waals surface area contributed by atoms with E-state index >= 15 is 0 Å². The van der Waals surface area contributed by atoms with E-state index in [9.17, 15) is 9.59 Å². The van der Waals surface area contributed by atoms with Gasteiger partial charge in [0.1, 0.15) is 0 Å². The molecular weight excluding hydrogens is 917 g/mol. The summed E-state index contributed by atoms with van der Waals surface area (Å²) in [5.74, 6) is -0.406. The Balaban J connectivity index is 0.000000159. The molecule has 2 saturated carbocycles. The zero-order chi connectivity index (χ0) is 51.0. The number of fused-ring (bicyclic) bond motifs is 2. The summed E-state index contributed by atoms with van der Waals surface area (Å²) in [4.78, 5) is 27.0. The summed E-state index contributed by atoms with van der Waals surface area (Å²) < 4.78 is 3.68. The number of hydrogen-bond acceptors (Lipinski definition) is 6. The monoisotopic (exact) mass is 978 g/mol. The molecule has 4 atom stereocenters. The summed E-state index contributed by atoms with van der Waals surface area (Å²) in [6.07, 6.45) is 20.7. The number of carboxylic acid groups (broad SMARTS) is 2. The van der Waals surface area contributed by atoms with Gasteiger partial charge in [-0.15, -0.1) is 0 Å². The van der Waals surface area contributed by atoms with Gasteiger partial charge in [-0.1, -0.05) is 109 Å². The lowest BCUT2D eigenvalue weighted by Gasteiger charge is -2.44. The van der Waals surface area contributed by atoms with Crippen molar-refractivity contribution < 1.29 is 19.8 Å². The highest BCUT2D eigenvalue weighted by Gasteiger charge is 2.36. The van der Waals surface area contributed by atoms with Crippen molar-refractivity contribution in [2.24, 2.45) is 14.1 Å². The summed E-state index contributed by atoms with van der Waals surface area (Å²) in [6, 6.07) is 49.3. The predicted octanol–water partition coefficient (Wildman–Crippen LogP) is 13.2. The summed E-state index contributed by atoms with van der Waals surface area (Å²) in [7, 11) is 3.89. The van der Waals surface area contributed by atoms with Crippen LogP contribution < -0.4 is 9.80 Å². The van der Waals surface area contributed by atoms with Gasteiger partial charge in [0.15, 0.2) is 0 Å². The summed E-state index contributed by atoms with van der Waals surface area (Å²) >= 11 is 0. The normalized spacial score (nSPS) is 19.2. The van der Waals surface area contributed by atoms with Gasteiger partial charge in [-0.05, 0) is 167 Å². The minimum atomic E-state index is -0.940. The largest absolute Gasteiger partial charge is 0.478 e. The number of carboxylic acids is 2. The standard InChI is InChI=1S/2C32H31N3O2/c2*1-21-17-27-18-26(28-19-33-34(2)20-28)12-15-30(27)32(25-6-3-22(4-7-25)5-16-31(36)37)35(21)29-13-10-24(11-14-29)23-8-9-23/h2*3-7,10-16,18-21,23,32H,8-9,17H2,1-2H3,(H,36,37)/b2*16-5+/t2*21-,32-/m10/s1. The second-order valence-corrected chi connectivity index (χ2v) is 20.8. The van der Waals surface area contributed by atoms with Crippen LogP contribution in [0.3, 0.4) is 0 Å². The molecule has 10 heteroatoms. The molecule has 8 aromatic rings. The molecule has 10 nitrogen and oxygen atoms in total. The van der Waals surface area contributed by atoms with Crippen molar-refractivity contribution in [1.82, 2.24) is 19.6 Å². The van der Waals surface area contributed by atoms with E-state index in [2.05, 4.69) is 155 Å². The van der Waals surface area contributed by atoms with Gasteiger partial charge in [-0.2, -0.15) is 10.2 Å². The molecule has 0 amide bonds. The lowest BCUT2D eigenvalue weighted by atomic mass is 9.83. The highest BCUT2D eigenvalue weighted by molar-refractivity contribution is 5.86. The average molecular weight is 979 g/mol. The zero-order valence-corrected chi connectivity index (χ0v) is 42.4. The number of nitrogens with zero attached hydrogens (tertiary/aromatic N) is 6. The smallest absolute Gasteiger partial charge is 0.328 e. The van der Waals surface area contributed by atoms with Gasteiger partial charge >= 0.3 is 11.9 Å². The Kier molecular flexibility index (Phi) is 13.2. The molecule has 2 N–H and O–H groups in total. The molecule has 2 aliphatic heterocycles. The number of anilines is 2. The fourth-order valence-electron chi connectivity index (χ4n) is 11.3. The molecule has 0 radical (unpaired) electrons.